The van der Waals surface area contributed by atoms with Gasteiger partial charge in [0, 0.05) is 18.6 Å². The summed E-state index contributed by atoms with van der Waals surface area (Å²) < 4.78 is 0. The number of hydrogen-bond acceptors (Lipinski definition) is 2. The molecule has 4 bridgehead atoms. The highest BCUT2D eigenvalue weighted by atomic mass is 15.2. The zero-order valence-electron chi connectivity index (χ0n) is 11.3. The lowest BCUT2D eigenvalue weighted by Crippen LogP contribution is -2.68. The van der Waals surface area contributed by atoms with E-state index in [9.17, 15) is 0 Å². The Hall–Kier alpha value is -0.0800. The maximum Gasteiger partial charge on any atom is 0.0119 e. The van der Waals surface area contributed by atoms with Gasteiger partial charge in [-0.2, -0.15) is 0 Å². The molecule has 5 atom stereocenters. The predicted molar refractivity (Wildman–Crippen MR) is 69.9 cm³/mol. The average Bonchev–Trinajstić information content (AvgIpc) is 2.28. The third-order valence-electron chi connectivity index (χ3n) is 6.58. The molecule has 0 aromatic rings. The molecule has 0 aromatic carbocycles. The van der Waals surface area contributed by atoms with Crippen molar-refractivity contribution in [3.63, 3.8) is 0 Å². The van der Waals surface area contributed by atoms with Crippen molar-refractivity contribution < 1.29 is 0 Å². The van der Waals surface area contributed by atoms with Gasteiger partial charge in [-0.15, -0.1) is 0 Å². The molecule has 2 heteroatoms. The standard InChI is InChI=1S/C15H26N2/c1-10-7-11-8-13(16-11)14(10)12-9-17-5-3-15(12,2)4-6-17/h10-14,16H,3-9H2,1-2H3/t10-,11?,12?,13?,14?/m1/s1. The molecule has 0 amide bonds. The first-order valence-corrected chi connectivity index (χ1v) is 7.64. The van der Waals surface area contributed by atoms with E-state index in [1.54, 1.807) is 0 Å². The summed E-state index contributed by atoms with van der Waals surface area (Å²) in [5.74, 6) is 2.90. The highest BCUT2D eigenvalue weighted by Crippen LogP contribution is 2.53. The smallest absolute Gasteiger partial charge is 0.0119 e. The van der Waals surface area contributed by atoms with Crippen LogP contribution in [0.5, 0.6) is 0 Å². The van der Waals surface area contributed by atoms with Gasteiger partial charge >= 0.3 is 0 Å². The third-order valence-corrected chi connectivity index (χ3v) is 6.58. The lowest BCUT2D eigenvalue weighted by molar-refractivity contribution is -0.0980. The van der Waals surface area contributed by atoms with Crippen molar-refractivity contribution in [3.8, 4) is 0 Å². The number of piperidine rings is 4. The highest BCUT2D eigenvalue weighted by Gasteiger charge is 2.54. The second kappa shape index (κ2) is 3.48. The lowest BCUT2D eigenvalue weighted by atomic mass is 9.54. The normalized spacial score (nSPS) is 61.1. The summed E-state index contributed by atoms with van der Waals surface area (Å²) in [4.78, 5) is 2.73. The van der Waals surface area contributed by atoms with Gasteiger partial charge < -0.3 is 10.2 Å². The van der Waals surface area contributed by atoms with E-state index in [4.69, 9.17) is 0 Å². The second-order valence-corrected chi connectivity index (χ2v) is 7.56. The molecule has 17 heavy (non-hydrogen) atoms. The van der Waals surface area contributed by atoms with Crippen molar-refractivity contribution in [2.75, 3.05) is 19.6 Å². The predicted octanol–water partition coefficient (Wildman–Crippen LogP) is 2.10. The molecule has 0 spiro atoms. The molecule has 5 aliphatic heterocycles. The fourth-order valence-corrected chi connectivity index (χ4v) is 5.40. The van der Waals surface area contributed by atoms with Crippen LogP contribution in [0.15, 0.2) is 0 Å². The summed E-state index contributed by atoms with van der Waals surface area (Å²) in [5.41, 5.74) is 0.664. The number of rotatable bonds is 1. The summed E-state index contributed by atoms with van der Waals surface area (Å²) in [7, 11) is 0. The number of nitrogens with one attached hydrogen (secondary N) is 1. The molecule has 0 radical (unpaired) electrons. The first-order valence-electron chi connectivity index (χ1n) is 7.64. The summed E-state index contributed by atoms with van der Waals surface area (Å²) in [6.07, 6.45) is 5.82. The molecule has 6 rings (SSSR count). The van der Waals surface area contributed by atoms with Crippen molar-refractivity contribution in [2.24, 2.45) is 23.2 Å². The molecule has 6 aliphatic rings. The topological polar surface area (TPSA) is 15.3 Å². The van der Waals surface area contributed by atoms with Crippen LogP contribution in [-0.2, 0) is 0 Å². The Morgan fingerprint density at radius 1 is 1.18 bits per heavy atom. The van der Waals surface area contributed by atoms with Crippen LogP contribution in [0.25, 0.3) is 0 Å². The molecule has 5 saturated heterocycles. The maximum absolute atomic E-state index is 3.82. The van der Waals surface area contributed by atoms with Crippen molar-refractivity contribution in [2.45, 2.75) is 51.6 Å². The monoisotopic (exact) mass is 234 g/mol. The van der Waals surface area contributed by atoms with E-state index in [2.05, 4.69) is 24.1 Å². The Balaban J connectivity index is 1.61. The van der Waals surface area contributed by atoms with E-state index < -0.39 is 0 Å². The SMILES string of the molecule is C[C@@H]1CC2CC(N2)C1C1CN2CCC1(C)CC2. The zero-order chi connectivity index (χ0) is 11.6. The van der Waals surface area contributed by atoms with Crippen LogP contribution in [0.3, 0.4) is 0 Å². The molecule has 6 fully saturated rings. The van der Waals surface area contributed by atoms with Crippen LogP contribution in [0.4, 0.5) is 0 Å². The van der Waals surface area contributed by atoms with E-state index in [0.717, 1.165) is 29.8 Å². The Labute approximate surface area is 105 Å². The summed E-state index contributed by atoms with van der Waals surface area (Å²) in [6.45, 7) is 9.25. The fourth-order valence-electron chi connectivity index (χ4n) is 5.40. The van der Waals surface area contributed by atoms with Gasteiger partial charge in [0.15, 0.2) is 0 Å². The van der Waals surface area contributed by atoms with E-state index in [1.165, 1.54) is 45.3 Å². The van der Waals surface area contributed by atoms with Crippen molar-refractivity contribution >= 4 is 0 Å². The first-order chi connectivity index (χ1) is 8.16. The van der Waals surface area contributed by atoms with Crippen LogP contribution in [-0.4, -0.2) is 36.6 Å². The fraction of sp³-hybridized carbons (Fsp3) is 1.00. The molecule has 1 N–H and O–H groups in total. The van der Waals surface area contributed by atoms with Crippen LogP contribution in [0, 0.1) is 23.2 Å². The van der Waals surface area contributed by atoms with Gasteiger partial charge in [0.2, 0.25) is 0 Å². The molecule has 0 aromatic heterocycles. The minimum Gasteiger partial charge on any atom is -0.311 e. The largest absolute Gasteiger partial charge is 0.311 e. The van der Waals surface area contributed by atoms with Gasteiger partial charge in [-0.1, -0.05) is 13.8 Å². The minimum atomic E-state index is 0.664. The average molecular weight is 234 g/mol. The van der Waals surface area contributed by atoms with Crippen LogP contribution in [0.1, 0.15) is 39.5 Å². The number of hydrogen-bond donors (Lipinski definition) is 1. The molecule has 4 unspecified atom stereocenters. The number of fused-ring (bicyclic) bond motifs is 6. The molecule has 2 nitrogen and oxygen atoms in total. The lowest BCUT2D eigenvalue weighted by Gasteiger charge is -2.61. The third kappa shape index (κ3) is 1.46. The van der Waals surface area contributed by atoms with Crippen molar-refractivity contribution in [1.82, 2.24) is 10.2 Å². The van der Waals surface area contributed by atoms with Gasteiger partial charge in [-0.05, 0) is 61.9 Å². The van der Waals surface area contributed by atoms with E-state index in [0.29, 0.717) is 5.41 Å². The second-order valence-electron chi connectivity index (χ2n) is 7.56. The van der Waals surface area contributed by atoms with Gasteiger partial charge in [-0.25, -0.2) is 0 Å². The Morgan fingerprint density at radius 2 is 1.88 bits per heavy atom. The van der Waals surface area contributed by atoms with Gasteiger partial charge in [-0.3, -0.25) is 0 Å². The van der Waals surface area contributed by atoms with Crippen LogP contribution >= 0.6 is 0 Å². The van der Waals surface area contributed by atoms with Crippen molar-refractivity contribution in [1.29, 1.82) is 0 Å². The Morgan fingerprint density at radius 3 is 2.47 bits per heavy atom. The van der Waals surface area contributed by atoms with Gasteiger partial charge in [0.05, 0.1) is 0 Å². The number of nitrogens with zero attached hydrogens (tertiary/aromatic N) is 1. The van der Waals surface area contributed by atoms with Crippen LogP contribution in [0.2, 0.25) is 0 Å². The minimum absolute atomic E-state index is 0.664. The van der Waals surface area contributed by atoms with Gasteiger partial charge in [0.1, 0.15) is 0 Å². The molecular weight excluding hydrogens is 208 g/mol. The summed E-state index contributed by atoms with van der Waals surface area (Å²) in [5, 5.41) is 3.82. The summed E-state index contributed by atoms with van der Waals surface area (Å²) in [6, 6.07) is 1.74. The quantitative estimate of drug-likeness (QED) is 0.747. The highest BCUT2D eigenvalue weighted by molar-refractivity contribution is 5.08. The summed E-state index contributed by atoms with van der Waals surface area (Å²) >= 11 is 0. The Bertz CT molecular complexity index is 311. The Kier molecular flexibility index (Phi) is 2.21. The molecular formula is C15H26N2. The molecule has 96 valence electrons. The van der Waals surface area contributed by atoms with Crippen molar-refractivity contribution in [3.05, 3.63) is 0 Å². The zero-order valence-corrected chi connectivity index (χ0v) is 11.3. The molecule has 1 saturated carbocycles. The van der Waals surface area contributed by atoms with E-state index >= 15 is 0 Å². The van der Waals surface area contributed by atoms with E-state index in [-0.39, 0.29) is 0 Å². The van der Waals surface area contributed by atoms with E-state index in [1.807, 2.05) is 0 Å². The molecule has 5 heterocycles. The van der Waals surface area contributed by atoms with Gasteiger partial charge in [0.25, 0.3) is 0 Å². The first kappa shape index (κ1) is 10.8. The van der Waals surface area contributed by atoms with Crippen LogP contribution < -0.4 is 5.32 Å². The molecule has 1 aliphatic carbocycles. The maximum atomic E-state index is 3.82.